The molecule has 0 spiro atoms. The Balaban J connectivity index is 1.53. The Hall–Kier alpha value is -4.11. The van der Waals surface area contributed by atoms with Gasteiger partial charge in [-0.3, -0.25) is 9.69 Å². The molecule has 0 bridgehead atoms. The van der Waals surface area contributed by atoms with Crippen molar-refractivity contribution in [2.45, 2.75) is 13.5 Å². The molecule has 0 unspecified atom stereocenters. The first kappa shape index (κ1) is 25.0. The van der Waals surface area contributed by atoms with Gasteiger partial charge in [-0.25, -0.2) is 14.2 Å². The summed E-state index contributed by atoms with van der Waals surface area (Å²) < 4.78 is 24.5. The molecule has 0 aromatic heterocycles. The Kier molecular flexibility index (Phi) is 7.70. The van der Waals surface area contributed by atoms with E-state index in [-0.39, 0.29) is 23.9 Å². The van der Waals surface area contributed by atoms with Crippen LogP contribution in [0.2, 0.25) is 0 Å². The summed E-state index contributed by atoms with van der Waals surface area (Å²) >= 11 is 1.25. The number of carbonyl (C=O) groups is 2. The molecule has 1 aliphatic heterocycles. The van der Waals surface area contributed by atoms with E-state index in [1.807, 2.05) is 6.92 Å². The molecule has 4 rings (SSSR count). The maximum atomic E-state index is 13.2. The van der Waals surface area contributed by atoms with Crippen LogP contribution in [0.25, 0.3) is 6.08 Å². The summed E-state index contributed by atoms with van der Waals surface area (Å²) in [5, 5.41) is 9.68. The first-order valence-electron chi connectivity index (χ1n) is 11.1. The largest absolute Gasteiger partial charge is 0.493 e. The van der Waals surface area contributed by atoms with Gasteiger partial charge in [0.15, 0.2) is 16.7 Å². The van der Waals surface area contributed by atoms with E-state index in [1.165, 1.54) is 37.1 Å². The third-order valence-electron chi connectivity index (χ3n) is 5.31. The zero-order chi connectivity index (χ0) is 25.7. The summed E-state index contributed by atoms with van der Waals surface area (Å²) in [4.78, 5) is 30.7. The molecule has 3 aromatic carbocycles. The fourth-order valence-corrected chi connectivity index (χ4v) is 4.56. The SMILES string of the molecule is CCN1C(=O)/C(=C\c2ccc(OCc3cccc(C(=O)O)c3)c(OC)c2)SC1=Nc1ccc(F)cc1. The predicted octanol–water partition coefficient (Wildman–Crippen LogP) is 5.74. The number of hydrogen-bond donors (Lipinski definition) is 1. The lowest BCUT2D eigenvalue weighted by Gasteiger charge is -2.12. The van der Waals surface area contributed by atoms with Crippen molar-refractivity contribution in [1.29, 1.82) is 0 Å². The minimum Gasteiger partial charge on any atom is -0.493 e. The number of amidine groups is 1. The van der Waals surface area contributed by atoms with Crippen molar-refractivity contribution in [3.8, 4) is 11.5 Å². The van der Waals surface area contributed by atoms with Crippen LogP contribution in [0.4, 0.5) is 10.1 Å². The lowest BCUT2D eigenvalue weighted by Crippen LogP contribution is -2.28. The third-order valence-corrected chi connectivity index (χ3v) is 6.32. The molecule has 0 aliphatic carbocycles. The van der Waals surface area contributed by atoms with Crippen LogP contribution < -0.4 is 9.47 Å². The third kappa shape index (κ3) is 5.75. The van der Waals surface area contributed by atoms with Crippen molar-refractivity contribution < 1.29 is 28.6 Å². The average molecular weight is 507 g/mol. The second-order valence-corrected chi connectivity index (χ2v) is 8.74. The number of methoxy groups -OCH3 is 1. The molecule has 1 N–H and O–H groups in total. The number of amides is 1. The molecule has 0 saturated carbocycles. The van der Waals surface area contributed by atoms with E-state index < -0.39 is 5.97 Å². The van der Waals surface area contributed by atoms with Gasteiger partial charge in [-0.1, -0.05) is 18.2 Å². The maximum Gasteiger partial charge on any atom is 0.335 e. The van der Waals surface area contributed by atoms with Crippen molar-refractivity contribution in [2.75, 3.05) is 13.7 Å². The van der Waals surface area contributed by atoms with E-state index in [0.717, 1.165) is 5.56 Å². The van der Waals surface area contributed by atoms with Crippen molar-refractivity contribution in [3.05, 3.63) is 94.1 Å². The number of carboxylic acids is 1. The molecule has 1 fully saturated rings. The fourth-order valence-electron chi connectivity index (χ4n) is 3.50. The van der Waals surface area contributed by atoms with E-state index in [4.69, 9.17) is 14.6 Å². The van der Waals surface area contributed by atoms with E-state index in [1.54, 1.807) is 59.5 Å². The van der Waals surface area contributed by atoms with Gasteiger partial charge in [-0.2, -0.15) is 0 Å². The number of carbonyl (C=O) groups excluding carboxylic acids is 1. The van der Waals surface area contributed by atoms with Crippen LogP contribution >= 0.6 is 11.8 Å². The van der Waals surface area contributed by atoms with Gasteiger partial charge in [0.05, 0.1) is 23.3 Å². The highest BCUT2D eigenvalue weighted by Crippen LogP contribution is 2.36. The highest BCUT2D eigenvalue weighted by atomic mass is 32.2. The number of benzene rings is 3. The van der Waals surface area contributed by atoms with E-state index in [9.17, 15) is 14.0 Å². The van der Waals surface area contributed by atoms with Crippen LogP contribution in [0.3, 0.4) is 0 Å². The second-order valence-electron chi connectivity index (χ2n) is 7.74. The normalized spacial score (nSPS) is 15.5. The molecule has 1 aliphatic rings. The average Bonchev–Trinajstić information content (AvgIpc) is 3.17. The molecular weight excluding hydrogens is 483 g/mol. The summed E-state index contributed by atoms with van der Waals surface area (Å²) in [6.45, 7) is 2.48. The van der Waals surface area contributed by atoms with Gasteiger partial charge in [0.1, 0.15) is 12.4 Å². The Labute approximate surface area is 211 Å². The highest BCUT2D eigenvalue weighted by molar-refractivity contribution is 8.18. The number of aromatic carboxylic acids is 1. The molecule has 1 amide bonds. The zero-order valence-electron chi connectivity index (χ0n) is 19.6. The minimum atomic E-state index is -1.00. The number of nitrogens with zero attached hydrogens (tertiary/aromatic N) is 2. The van der Waals surface area contributed by atoms with Crippen molar-refractivity contribution in [2.24, 2.45) is 4.99 Å². The zero-order valence-corrected chi connectivity index (χ0v) is 20.4. The molecule has 1 heterocycles. The quantitative estimate of drug-likeness (QED) is 0.392. The van der Waals surface area contributed by atoms with Gasteiger partial charge < -0.3 is 14.6 Å². The fraction of sp³-hybridized carbons (Fsp3) is 0.148. The maximum absolute atomic E-state index is 13.2. The molecule has 3 aromatic rings. The molecule has 9 heteroatoms. The van der Waals surface area contributed by atoms with Crippen LogP contribution in [0.5, 0.6) is 11.5 Å². The Bertz CT molecular complexity index is 1350. The summed E-state index contributed by atoms with van der Waals surface area (Å²) in [5.74, 6) is -0.557. The lowest BCUT2D eigenvalue weighted by atomic mass is 10.1. The molecule has 184 valence electrons. The van der Waals surface area contributed by atoms with Gasteiger partial charge in [-0.15, -0.1) is 0 Å². The summed E-state index contributed by atoms with van der Waals surface area (Å²) in [7, 11) is 1.52. The topological polar surface area (TPSA) is 88.4 Å². The molecule has 7 nitrogen and oxygen atoms in total. The molecule has 0 atom stereocenters. The monoisotopic (exact) mass is 506 g/mol. The number of carboxylic acid groups (broad SMARTS) is 1. The van der Waals surface area contributed by atoms with Gasteiger partial charge >= 0.3 is 5.97 Å². The Morgan fingerprint density at radius 3 is 2.58 bits per heavy atom. The van der Waals surface area contributed by atoms with Crippen LogP contribution in [-0.4, -0.2) is 40.7 Å². The summed E-state index contributed by atoms with van der Waals surface area (Å²) in [6, 6.07) is 17.6. The molecule has 0 radical (unpaired) electrons. The molecular formula is C27H23FN2O5S. The number of aliphatic imine (C=N–C) groups is 1. The van der Waals surface area contributed by atoms with Gasteiger partial charge in [-0.05, 0) is 84.4 Å². The Morgan fingerprint density at radius 2 is 1.89 bits per heavy atom. The molecule has 1 saturated heterocycles. The number of hydrogen-bond acceptors (Lipinski definition) is 6. The van der Waals surface area contributed by atoms with Crippen molar-refractivity contribution in [1.82, 2.24) is 4.90 Å². The lowest BCUT2D eigenvalue weighted by molar-refractivity contribution is -0.122. The number of likely N-dealkylation sites (N-methyl/N-ethyl adjacent to an activating group) is 1. The standard InChI is InChI=1S/C27H23FN2O5S/c1-3-30-25(31)24(36-27(30)29-21-10-8-20(28)9-11-21)15-17-7-12-22(23(14-17)34-2)35-16-18-5-4-6-19(13-18)26(32)33/h4-15H,3,16H2,1-2H3,(H,32,33)/b24-15+,29-27?. The first-order valence-corrected chi connectivity index (χ1v) is 11.9. The van der Waals surface area contributed by atoms with E-state index >= 15 is 0 Å². The smallest absolute Gasteiger partial charge is 0.335 e. The van der Waals surface area contributed by atoms with Crippen molar-refractivity contribution in [3.63, 3.8) is 0 Å². The number of halogens is 1. The van der Waals surface area contributed by atoms with Gasteiger partial charge in [0.2, 0.25) is 0 Å². The highest BCUT2D eigenvalue weighted by Gasteiger charge is 2.32. The minimum absolute atomic E-state index is 0.166. The van der Waals surface area contributed by atoms with Crippen LogP contribution in [0.15, 0.2) is 76.6 Å². The summed E-state index contributed by atoms with van der Waals surface area (Å²) in [6.07, 6.45) is 1.76. The van der Waals surface area contributed by atoms with Gasteiger partial charge in [0.25, 0.3) is 5.91 Å². The summed E-state index contributed by atoms with van der Waals surface area (Å²) in [5.41, 5.74) is 2.20. The predicted molar refractivity (Wildman–Crippen MR) is 137 cm³/mol. The van der Waals surface area contributed by atoms with Crippen LogP contribution in [0, 0.1) is 5.82 Å². The second kappa shape index (κ2) is 11.1. The number of rotatable bonds is 8. The Morgan fingerprint density at radius 1 is 1.11 bits per heavy atom. The number of thioether (sulfide) groups is 1. The van der Waals surface area contributed by atoms with Crippen molar-refractivity contribution >= 4 is 40.6 Å². The first-order chi connectivity index (χ1) is 17.4. The van der Waals surface area contributed by atoms with E-state index in [2.05, 4.69) is 4.99 Å². The number of ether oxygens (including phenoxy) is 2. The van der Waals surface area contributed by atoms with Gasteiger partial charge in [0, 0.05) is 6.54 Å². The van der Waals surface area contributed by atoms with E-state index in [0.29, 0.717) is 39.4 Å². The van der Waals surface area contributed by atoms with Crippen LogP contribution in [0.1, 0.15) is 28.4 Å². The molecule has 36 heavy (non-hydrogen) atoms. The van der Waals surface area contributed by atoms with Crippen LogP contribution in [-0.2, 0) is 11.4 Å².